The van der Waals surface area contributed by atoms with Crippen molar-refractivity contribution in [1.82, 2.24) is 15.1 Å². The number of aromatic nitrogens is 2. The van der Waals surface area contributed by atoms with Crippen LogP contribution in [0.5, 0.6) is 0 Å². The number of thioether (sulfide) groups is 1. The molecule has 1 saturated heterocycles. The smallest absolute Gasteiger partial charge is 0.255 e. The number of thiocarbonyl (C=S) groups is 1. The fourth-order valence-electron chi connectivity index (χ4n) is 2.22. The average Bonchev–Trinajstić information content (AvgIpc) is 2.47. The van der Waals surface area contributed by atoms with Gasteiger partial charge in [-0.15, -0.1) is 0 Å². The Bertz CT molecular complexity index is 472. The molecule has 2 N–H and O–H groups in total. The fourth-order valence-corrected chi connectivity index (χ4v) is 3.47. The van der Waals surface area contributed by atoms with Crippen molar-refractivity contribution in [3.63, 3.8) is 0 Å². The largest absolute Gasteiger partial charge is 0.392 e. The zero-order valence-electron chi connectivity index (χ0n) is 10.7. The summed E-state index contributed by atoms with van der Waals surface area (Å²) in [4.78, 5) is 14.6. The van der Waals surface area contributed by atoms with Crippen LogP contribution in [0.3, 0.4) is 0 Å². The van der Waals surface area contributed by atoms with Crippen LogP contribution in [0.15, 0.2) is 18.5 Å². The number of nitrogens with zero attached hydrogens (tertiary/aromatic N) is 3. The third-order valence-corrected chi connectivity index (χ3v) is 5.46. The lowest BCUT2D eigenvalue weighted by atomic mass is 9.95. The molecule has 1 aromatic rings. The number of carbonyl (C=O) groups excluding carboxylic acids is 1. The van der Waals surface area contributed by atoms with E-state index in [0.29, 0.717) is 23.6 Å². The van der Waals surface area contributed by atoms with E-state index in [1.54, 1.807) is 17.8 Å². The Hall–Kier alpha value is -1.21. The summed E-state index contributed by atoms with van der Waals surface area (Å²) in [6.45, 7) is 1.33. The molecular formula is C12H16N4OS2. The quantitative estimate of drug-likeness (QED) is 0.842. The van der Waals surface area contributed by atoms with Crippen molar-refractivity contribution in [3.8, 4) is 0 Å². The van der Waals surface area contributed by atoms with E-state index in [1.807, 2.05) is 11.2 Å². The Morgan fingerprint density at radius 2 is 2.16 bits per heavy atom. The average molecular weight is 296 g/mol. The minimum Gasteiger partial charge on any atom is -0.392 e. The van der Waals surface area contributed by atoms with E-state index >= 15 is 0 Å². The van der Waals surface area contributed by atoms with Crippen molar-refractivity contribution in [2.75, 3.05) is 19.3 Å². The number of hydrogen-bond donors (Lipinski definition) is 1. The SMILES string of the molecule is CSC1(C(N)=S)CCN(C(=O)c2ccnnc2)CC1. The van der Waals surface area contributed by atoms with E-state index in [1.165, 1.54) is 12.4 Å². The molecule has 102 valence electrons. The maximum absolute atomic E-state index is 12.3. The van der Waals surface area contributed by atoms with Crippen LogP contribution >= 0.6 is 24.0 Å². The molecule has 19 heavy (non-hydrogen) atoms. The molecule has 1 amide bonds. The predicted octanol–water partition coefficient (Wildman–Crippen LogP) is 1.10. The van der Waals surface area contributed by atoms with Crippen LogP contribution < -0.4 is 5.73 Å². The monoisotopic (exact) mass is 296 g/mol. The van der Waals surface area contributed by atoms with Crippen LogP contribution in [0.25, 0.3) is 0 Å². The third kappa shape index (κ3) is 2.87. The van der Waals surface area contributed by atoms with Gasteiger partial charge in [-0.3, -0.25) is 4.79 Å². The van der Waals surface area contributed by atoms with Crippen LogP contribution in [-0.2, 0) is 0 Å². The Labute approximate surface area is 121 Å². The molecule has 0 saturated carbocycles. The summed E-state index contributed by atoms with van der Waals surface area (Å²) in [6.07, 6.45) is 6.63. The van der Waals surface area contributed by atoms with Gasteiger partial charge in [0.05, 0.1) is 27.7 Å². The Balaban J connectivity index is 2.04. The first-order valence-electron chi connectivity index (χ1n) is 6.00. The first-order valence-corrected chi connectivity index (χ1v) is 7.63. The highest BCUT2D eigenvalue weighted by atomic mass is 32.2. The standard InChI is InChI=1S/C12H16N4OS2/c1-19-12(11(13)18)3-6-16(7-4-12)10(17)9-2-5-14-15-8-9/h2,5,8H,3-4,6-7H2,1H3,(H2,13,18). The third-order valence-electron chi connectivity index (χ3n) is 3.53. The molecular weight excluding hydrogens is 280 g/mol. The van der Waals surface area contributed by atoms with Crippen LogP contribution in [-0.4, -0.2) is 50.1 Å². The van der Waals surface area contributed by atoms with Crippen molar-refractivity contribution in [2.24, 2.45) is 5.73 Å². The zero-order chi connectivity index (χ0) is 13.9. The predicted molar refractivity (Wildman–Crippen MR) is 80.2 cm³/mol. The summed E-state index contributed by atoms with van der Waals surface area (Å²) < 4.78 is -0.164. The number of nitrogens with two attached hydrogens (primary N) is 1. The summed E-state index contributed by atoms with van der Waals surface area (Å²) in [5.74, 6) is -0.00690. The van der Waals surface area contributed by atoms with Crippen molar-refractivity contribution >= 4 is 34.9 Å². The Kier molecular flexibility index (Phi) is 4.36. The van der Waals surface area contributed by atoms with Gasteiger partial charge in [0.25, 0.3) is 5.91 Å². The van der Waals surface area contributed by atoms with Crippen molar-refractivity contribution in [2.45, 2.75) is 17.6 Å². The number of carbonyl (C=O) groups is 1. The topological polar surface area (TPSA) is 72.1 Å². The molecule has 0 atom stereocenters. The highest BCUT2D eigenvalue weighted by molar-refractivity contribution is 8.02. The number of amides is 1. The van der Waals surface area contributed by atoms with Crippen LogP contribution in [0.2, 0.25) is 0 Å². The van der Waals surface area contributed by atoms with Gasteiger partial charge in [-0.05, 0) is 25.2 Å². The van der Waals surface area contributed by atoms with Crippen molar-refractivity contribution in [3.05, 3.63) is 24.0 Å². The van der Waals surface area contributed by atoms with E-state index in [9.17, 15) is 4.79 Å². The second-order valence-corrected chi connectivity index (χ2v) is 6.12. The zero-order valence-corrected chi connectivity index (χ0v) is 12.3. The first kappa shape index (κ1) is 14.2. The van der Waals surface area contributed by atoms with Gasteiger partial charge in [0.2, 0.25) is 0 Å². The van der Waals surface area contributed by atoms with Gasteiger partial charge in [0.1, 0.15) is 0 Å². The van der Waals surface area contributed by atoms with Crippen LogP contribution in [0, 0.1) is 0 Å². The van der Waals surface area contributed by atoms with Gasteiger partial charge in [0.15, 0.2) is 0 Å². The first-order chi connectivity index (χ1) is 9.09. The molecule has 0 aromatic carbocycles. The number of hydrogen-bond acceptors (Lipinski definition) is 5. The van der Waals surface area contributed by atoms with Gasteiger partial charge in [-0.2, -0.15) is 22.0 Å². The van der Waals surface area contributed by atoms with Crippen LogP contribution in [0.1, 0.15) is 23.2 Å². The summed E-state index contributed by atoms with van der Waals surface area (Å²) in [7, 11) is 0. The lowest BCUT2D eigenvalue weighted by molar-refractivity contribution is 0.0718. The van der Waals surface area contributed by atoms with E-state index in [0.717, 1.165) is 12.8 Å². The number of rotatable bonds is 3. The van der Waals surface area contributed by atoms with Gasteiger partial charge >= 0.3 is 0 Å². The maximum atomic E-state index is 12.3. The van der Waals surface area contributed by atoms with Crippen molar-refractivity contribution in [1.29, 1.82) is 0 Å². The molecule has 7 heteroatoms. The molecule has 1 aliphatic heterocycles. The minimum atomic E-state index is -0.164. The minimum absolute atomic E-state index is 0.00690. The molecule has 1 aliphatic rings. The van der Waals surface area contributed by atoms with E-state index in [-0.39, 0.29) is 10.7 Å². The van der Waals surface area contributed by atoms with E-state index in [4.69, 9.17) is 18.0 Å². The van der Waals surface area contributed by atoms with E-state index in [2.05, 4.69) is 10.2 Å². The highest BCUT2D eigenvalue weighted by Gasteiger charge is 2.37. The molecule has 1 aromatic heterocycles. The lowest BCUT2D eigenvalue weighted by Crippen LogP contribution is -2.50. The second-order valence-electron chi connectivity index (χ2n) is 4.49. The Morgan fingerprint density at radius 1 is 1.47 bits per heavy atom. The molecule has 0 spiro atoms. The number of likely N-dealkylation sites (tertiary alicyclic amines) is 1. The molecule has 2 heterocycles. The second kappa shape index (κ2) is 5.83. The van der Waals surface area contributed by atoms with Gasteiger partial charge in [-0.1, -0.05) is 12.2 Å². The summed E-state index contributed by atoms with van der Waals surface area (Å²) in [5.41, 5.74) is 6.41. The fraction of sp³-hybridized carbons (Fsp3) is 0.500. The normalized spacial score (nSPS) is 18.1. The maximum Gasteiger partial charge on any atom is 0.255 e. The Morgan fingerprint density at radius 3 is 2.63 bits per heavy atom. The molecule has 5 nitrogen and oxygen atoms in total. The molecule has 0 radical (unpaired) electrons. The molecule has 0 unspecified atom stereocenters. The van der Waals surface area contributed by atoms with Gasteiger partial charge < -0.3 is 10.6 Å². The van der Waals surface area contributed by atoms with Gasteiger partial charge in [-0.25, -0.2) is 0 Å². The van der Waals surface area contributed by atoms with Gasteiger partial charge in [0, 0.05) is 13.1 Å². The summed E-state index contributed by atoms with van der Waals surface area (Å²) >= 11 is 6.84. The molecule has 0 aliphatic carbocycles. The number of piperidine rings is 1. The van der Waals surface area contributed by atoms with E-state index < -0.39 is 0 Å². The van der Waals surface area contributed by atoms with Crippen LogP contribution in [0.4, 0.5) is 0 Å². The highest BCUT2D eigenvalue weighted by Crippen LogP contribution is 2.35. The van der Waals surface area contributed by atoms with Crippen molar-refractivity contribution < 1.29 is 4.79 Å². The molecule has 2 rings (SSSR count). The molecule has 0 bridgehead atoms. The summed E-state index contributed by atoms with van der Waals surface area (Å²) in [6, 6.07) is 1.68. The lowest BCUT2D eigenvalue weighted by Gasteiger charge is -2.40. The summed E-state index contributed by atoms with van der Waals surface area (Å²) in [5, 5.41) is 7.41. The molecule has 1 fully saturated rings.